The largest absolute Gasteiger partial charge is 0.376 e. The Morgan fingerprint density at radius 3 is 2.39 bits per heavy atom. The highest BCUT2D eigenvalue weighted by Crippen LogP contribution is 2.43. The third-order valence-electron chi connectivity index (χ3n) is 4.63. The number of carbonyl (C=O) groups excluding carboxylic acids is 2. The van der Waals surface area contributed by atoms with Gasteiger partial charge in [0.05, 0.1) is 24.0 Å². The molecule has 100 valence electrons. The molecule has 0 aromatic rings. The zero-order valence-electron chi connectivity index (χ0n) is 10.7. The molecule has 18 heavy (non-hydrogen) atoms. The molecular formula is C13H20N2O3. The maximum Gasteiger partial charge on any atom is 0.233 e. The molecule has 2 N–H and O–H groups in total. The van der Waals surface area contributed by atoms with Gasteiger partial charge >= 0.3 is 0 Å². The van der Waals surface area contributed by atoms with Gasteiger partial charge in [0.15, 0.2) is 0 Å². The number of nitrogens with zero attached hydrogens (tertiary/aromatic N) is 1. The van der Waals surface area contributed by atoms with Crippen molar-refractivity contribution in [2.24, 2.45) is 17.6 Å². The summed E-state index contributed by atoms with van der Waals surface area (Å²) in [5.41, 5.74) is 5.97. The second-order valence-corrected chi connectivity index (χ2v) is 5.57. The molecule has 5 atom stereocenters. The summed E-state index contributed by atoms with van der Waals surface area (Å²) in [5.74, 6) is -0.167. The smallest absolute Gasteiger partial charge is 0.233 e. The number of nitrogens with two attached hydrogens (primary N) is 1. The van der Waals surface area contributed by atoms with Gasteiger partial charge < -0.3 is 10.5 Å². The van der Waals surface area contributed by atoms with Crippen LogP contribution in [0.3, 0.4) is 0 Å². The van der Waals surface area contributed by atoms with Crippen molar-refractivity contribution in [3.63, 3.8) is 0 Å². The van der Waals surface area contributed by atoms with Crippen LogP contribution in [-0.4, -0.2) is 41.5 Å². The Morgan fingerprint density at radius 2 is 1.89 bits per heavy atom. The number of hydrogen-bond acceptors (Lipinski definition) is 4. The van der Waals surface area contributed by atoms with E-state index in [-0.39, 0.29) is 41.8 Å². The van der Waals surface area contributed by atoms with E-state index < -0.39 is 0 Å². The van der Waals surface area contributed by atoms with E-state index in [9.17, 15) is 9.59 Å². The van der Waals surface area contributed by atoms with Gasteiger partial charge in [-0.25, -0.2) is 0 Å². The van der Waals surface area contributed by atoms with Gasteiger partial charge in [-0.3, -0.25) is 14.5 Å². The number of carbonyl (C=O) groups is 2. The third kappa shape index (κ3) is 1.53. The lowest BCUT2D eigenvalue weighted by atomic mass is 9.82. The molecule has 0 spiro atoms. The summed E-state index contributed by atoms with van der Waals surface area (Å²) in [4.78, 5) is 26.1. The lowest BCUT2D eigenvalue weighted by Gasteiger charge is -2.46. The fraction of sp³-hybridized carbons (Fsp3) is 0.846. The van der Waals surface area contributed by atoms with Crippen LogP contribution in [0.4, 0.5) is 0 Å². The van der Waals surface area contributed by atoms with Crippen molar-refractivity contribution >= 4 is 11.8 Å². The molecular weight excluding hydrogens is 232 g/mol. The highest BCUT2D eigenvalue weighted by atomic mass is 16.5. The number of amides is 2. The number of rotatable bonds is 3. The van der Waals surface area contributed by atoms with E-state index in [1.807, 2.05) is 6.92 Å². The second-order valence-electron chi connectivity index (χ2n) is 5.57. The van der Waals surface area contributed by atoms with Crippen LogP contribution >= 0.6 is 0 Å². The summed E-state index contributed by atoms with van der Waals surface area (Å²) in [6, 6.07) is -0.344. The molecule has 1 saturated heterocycles. The molecule has 0 aromatic heterocycles. The van der Waals surface area contributed by atoms with Gasteiger partial charge in [0.1, 0.15) is 0 Å². The van der Waals surface area contributed by atoms with Crippen LogP contribution in [0.25, 0.3) is 0 Å². The number of ether oxygens (including phenoxy) is 1. The Bertz CT molecular complexity index is 360. The van der Waals surface area contributed by atoms with Gasteiger partial charge in [-0.1, -0.05) is 6.42 Å². The average molecular weight is 252 g/mol. The normalized spacial score (nSPS) is 43.2. The molecule has 5 nitrogen and oxygen atoms in total. The Labute approximate surface area is 107 Å². The lowest BCUT2D eigenvalue weighted by Crippen LogP contribution is -2.66. The summed E-state index contributed by atoms with van der Waals surface area (Å²) >= 11 is 0. The summed E-state index contributed by atoms with van der Waals surface area (Å²) in [6.07, 6.45) is 3.38. The average Bonchev–Trinajstić information content (AvgIpc) is 2.89. The fourth-order valence-corrected chi connectivity index (χ4v) is 3.68. The van der Waals surface area contributed by atoms with Crippen LogP contribution in [-0.2, 0) is 14.3 Å². The van der Waals surface area contributed by atoms with Gasteiger partial charge in [0.25, 0.3) is 0 Å². The summed E-state index contributed by atoms with van der Waals surface area (Å²) < 4.78 is 5.57. The molecule has 0 aromatic carbocycles. The Balaban J connectivity index is 1.80. The first kappa shape index (κ1) is 12.1. The van der Waals surface area contributed by atoms with E-state index in [0.29, 0.717) is 6.61 Å². The predicted molar refractivity (Wildman–Crippen MR) is 64.5 cm³/mol. The highest BCUT2D eigenvalue weighted by molar-refractivity contribution is 6.06. The molecule has 0 bridgehead atoms. The summed E-state index contributed by atoms with van der Waals surface area (Å²) in [5, 5.41) is 0. The summed E-state index contributed by atoms with van der Waals surface area (Å²) in [7, 11) is 0. The topological polar surface area (TPSA) is 72.6 Å². The first-order valence-electron chi connectivity index (χ1n) is 6.89. The van der Waals surface area contributed by atoms with Gasteiger partial charge in [-0.15, -0.1) is 0 Å². The van der Waals surface area contributed by atoms with Crippen molar-refractivity contribution in [3.8, 4) is 0 Å². The van der Waals surface area contributed by atoms with E-state index in [0.717, 1.165) is 25.7 Å². The molecule has 1 heterocycles. The van der Waals surface area contributed by atoms with Crippen LogP contribution in [0.15, 0.2) is 0 Å². The minimum absolute atomic E-state index is 0.00708. The monoisotopic (exact) mass is 252 g/mol. The maximum absolute atomic E-state index is 12.3. The van der Waals surface area contributed by atoms with Crippen LogP contribution in [0, 0.1) is 11.8 Å². The van der Waals surface area contributed by atoms with Crippen molar-refractivity contribution in [1.82, 2.24) is 4.90 Å². The Kier molecular flexibility index (Phi) is 2.90. The minimum atomic E-state index is -0.226. The molecule has 0 radical (unpaired) electrons. The van der Waals surface area contributed by atoms with Gasteiger partial charge in [0.2, 0.25) is 11.8 Å². The highest BCUT2D eigenvalue weighted by Gasteiger charge is 2.57. The van der Waals surface area contributed by atoms with E-state index >= 15 is 0 Å². The van der Waals surface area contributed by atoms with Crippen LogP contribution in [0.1, 0.15) is 32.6 Å². The molecule has 3 rings (SSSR count). The van der Waals surface area contributed by atoms with Crippen LogP contribution < -0.4 is 5.73 Å². The quantitative estimate of drug-likeness (QED) is 0.732. The van der Waals surface area contributed by atoms with Crippen molar-refractivity contribution in [2.75, 3.05) is 6.61 Å². The van der Waals surface area contributed by atoms with Crippen molar-refractivity contribution in [3.05, 3.63) is 0 Å². The van der Waals surface area contributed by atoms with Gasteiger partial charge in [-0.2, -0.15) is 0 Å². The molecule has 3 aliphatic rings. The SMILES string of the molecule is CCOC1CC(N)C1N1C(=O)C2CCCC2C1=O. The number of fused-ring (bicyclic) bond motifs is 1. The number of likely N-dealkylation sites (tertiary alicyclic amines) is 1. The van der Waals surface area contributed by atoms with E-state index in [2.05, 4.69) is 0 Å². The molecule has 5 unspecified atom stereocenters. The molecule has 5 heteroatoms. The maximum atomic E-state index is 12.3. The van der Waals surface area contributed by atoms with Crippen molar-refractivity contribution < 1.29 is 14.3 Å². The predicted octanol–water partition coefficient (Wildman–Crippen LogP) is 0.276. The van der Waals surface area contributed by atoms with E-state index in [1.54, 1.807) is 0 Å². The first-order chi connectivity index (χ1) is 8.65. The Hall–Kier alpha value is -0.940. The zero-order chi connectivity index (χ0) is 12.9. The van der Waals surface area contributed by atoms with Gasteiger partial charge in [0, 0.05) is 12.6 Å². The molecule has 1 aliphatic heterocycles. The molecule has 2 aliphatic carbocycles. The van der Waals surface area contributed by atoms with Crippen molar-refractivity contribution in [2.45, 2.75) is 50.8 Å². The summed E-state index contributed by atoms with van der Waals surface area (Å²) in [6.45, 7) is 2.51. The van der Waals surface area contributed by atoms with Gasteiger partial charge in [-0.05, 0) is 26.2 Å². The van der Waals surface area contributed by atoms with Crippen LogP contribution in [0.2, 0.25) is 0 Å². The standard InChI is InChI=1S/C13H20N2O3/c1-2-18-10-6-9(14)11(10)15-12(16)7-4-3-5-8(7)13(15)17/h7-11H,2-6,14H2,1H3. The minimum Gasteiger partial charge on any atom is -0.376 e. The van der Waals surface area contributed by atoms with Crippen molar-refractivity contribution in [1.29, 1.82) is 0 Å². The molecule has 2 amide bonds. The Morgan fingerprint density at radius 1 is 1.28 bits per heavy atom. The first-order valence-corrected chi connectivity index (χ1v) is 6.89. The number of imide groups is 1. The lowest BCUT2D eigenvalue weighted by molar-refractivity contribution is -0.155. The molecule has 3 fully saturated rings. The fourth-order valence-electron chi connectivity index (χ4n) is 3.68. The zero-order valence-corrected chi connectivity index (χ0v) is 10.7. The number of hydrogen-bond donors (Lipinski definition) is 1. The second kappa shape index (κ2) is 4.31. The van der Waals surface area contributed by atoms with E-state index in [4.69, 9.17) is 10.5 Å². The third-order valence-corrected chi connectivity index (χ3v) is 4.63. The van der Waals surface area contributed by atoms with E-state index in [1.165, 1.54) is 4.90 Å². The molecule has 2 saturated carbocycles. The van der Waals surface area contributed by atoms with Crippen LogP contribution in [0.5, 0.6) is 0 Å².